The van der Waals surface area contributed by atoms with Crippen LogP contribution in [-0.2, 0) is 22.4 Å². The summed E-state index contributed by atoms with van der Waals surface area (Å²) in [5, 5.41) is 2.95. The van der Waals surface area contributed by atoms with Crippen molar-refractivity contribution in [1.82, 2.24) is 15.3 Å². The monoisotopic (exact) mass is 361 g/mol. The molecule has 0 radical (unpaired) electrons. The van der Waals surface area contributed by atoms with Gasteiger partial charge in [-0.05, 0) is 30.2 Å². The summed E-state index contributed by atoms with van der Waals surface area (Å²) in [6.45, 7) is 2.02. The first kappa shape index (κ1) is 17.1. The molecular formula is C21H19N3O3. The second-order valence-corrected chi connectivity index (χ2v) is 6.61. The van der Waals surface area contributed by atoms with Gasteiger partial charge in [-0.3, -0.25) is 14.8 Å². The minimum absolute atomic E-state index is 0.256. The number of ether oxygens (including phenoxy) is 1. The summed E-state index contributed by atoms with van der Waals surface area (Å²) in [5.74, 6) is -0.775. The second kappa shape index (κ2) is 6.79. The molecule has 6 heteroatoms. The predicted molar refractivity (Wildman–Crippen MR) is 100 cm³/mol. The summed E-state index contributed by atoms with van der Waals surface area (Å²) in [7, 11) is 0. The normalized spacial score (nSPS) is 14.6. The molecule has 0 saturated heterocycles. The molecule has 2 aromatic carbocycles. The number of hydrogen-bond donors (Lipinski definition) is 1. The quantitative estimate of drug-likeness (QED) is 0.722. The molecule has 27 heavy (non-hydrogen) atoms. The molecule has 1 amide bonds. The number of esters is 1. The number of benzene rings is 2. The molecule has 0 saturated carbocycles. The lowest BCUT2D eigenvalue weighted by molar-refractivity contribution is -0.150. The number of aromatic nitrogens is 2. The molecule has 136 valence electrons. The van der Waals surface area contributed by atoms with E-state index in [0.29, 0.717) is 29.4 Å². The van der Waals surface area contributed by atoms with E-state index in [2.05, 4.69) is 15.3 Å². The molecule has 0 fully saturated rings. The van der Waals surface area contributed by atoms with Crippen molar-refractivity contribution in [2.45, 2.75) is 25.3 Å². The van der Waals surface area contributed by atoms with E-state index in [-0.39, 0.29) is 12.5 Å². The van der Waals surface area contributed by atoms with Gasteiger partial charge in [0.25, 0.3) is 5.91 Å². The summed E-state index contributed by atoms with van der Waals surface area (Å²) in [4.78, 5) is 34.4. The summed E-state index contributed by atoms with van der Waals surface area (Å²) < 4.78 is 5.30. The predicted octanol–water partition coefficient (Wildman–Crippen LogP) is 2.46. The van der Waals surface area contributed by atoms with E-state index >= 15 is 0 Å². The van der Waals surface area contributed by atoms with E-state index in [4.69, 9.17) is 4.74 Å². The molecule has 1 aliphatic carbocycles. The van der Waals surface area contributed by atoms with Gasteiger partial charge < -0.3 is 10.1 Å². The molecule has 1 aliphatic rings. The van der Waals surface area contributed by atoms with Gasteiger partial charge >= 0.3 is 5.97 Å². The van der Waals surface area contributed by atoms with Gasteiger partial charge in [0.2, 0.25) is 0 Å². The Kier molecular flexibility index (Phi) is 4.32. The van der Waals surface area contributed by atoms with Crippen LogP contribution in [0.5, 0.6) is 0 Å². The smallest absolute Gasteiger partial charge is 0.332 e. The van der Waals surface area contributed by atoms with E-state index in [1.807, 2.05) is 24.3 Å². The summed E-state index contributed by atoms with van der Waals surface area (Å²) >= 11 is 0. The molecule has 3 aromatic rings. The molecule has 6 nitrogen and oxygen atoms in total. The molecule has 1 N–H and O–H groups in total. The maximum absolute atomic E-state index is 13.1. The third-order valence-electron chi connectivity index (χ3n) is 4.87. The molecule has 0 atom stereocenters. The van der Waals surface area contributed by atoms with E-state index < -0.39 is 11.5 Å². The Morgan fingerprint density at radius 2 is 1.74 bits per heavy atom. The number of nitrogens with one attached hydrogen (secondary N) is 1. The SMILES string of the molecule is CCOC(=O)C1(NC(=O)c2cccc3nccnc23)Cc2ccccc2C1. The van der Waals surface area contributed by atoms with Crippen molar-refractivity contribution in [3.05, 3.63) is 71.5 Å². The summed E-state index contributed by atoms with van der Waals surface area (Å²) in [5.41, 5.74) is 2.51. The Hall–Kier alpha value is -3.28. The second-order valence-electron chi connectivity index (χ2n) is 6.61. The van der Waals surface area contributed by atoms with Crippen LogP contribution in [0.3, 0.4) is 0 Å². The number of fused-ring (bicyclic) bond motifs is 2. The highest BCUT2D eigenvalue weighted by atomic mass is 16.5. The standard InChI is InChI=1S/C21H19N3O3/c1-2-27-20(26)21(12-14-6-3-4-7-15(14)13-21)24-19(25)16-8-5-9-17-18(16)23-11-10-22-17/h3-11H,2,12-13H2,1H3,(H,24,25). The van der Waals surface area contributed by atoms with E-state index in [1.165, 1.54) is 0 Å². The highest BCUT2D eigenvalue weighted by Gasteiger charge is 2.46. The van der Waals surface area contributed by atoms with Crippen molar-refractivity contribution in [1.29, 1.82) is 0 Å². The van der Waals surface area contributed by atoms with Gasteiger partial charge in [0.1, 0.15) is 11.1 Å². The van der Waals surface area contributed by atoms with Crippen LogP contribution >= 0.6 is 0 Å². The summed E-state index contributed by atoms with van der Waals surface area (Å²) in [6.07, 6.45) is 3.94. The average molecular weight is 361 g/mol. The Morgan fingerprint density at radius 3 is 2.44 bits per heavy atom. The lowest BCUT2D eigenvalue weighted by Gasteiger charge is -2.28. The number of amides is 1. The zero-order valence-electron chi connectivity index (χ0n) is 14.9. The minimum Gasteiger partial charge on any atom is -0.464 e. The molecule has 1 aromatic heterocycles. The van der Waals surface area contributed by atoms with E-state index in [0.717, 1.165) is 11.1 Å². The minimum atomic E-state index is -1.11. The zero-order valence-corrected chi connectivity index (χ0v) is 14.9. The topological polar surface area (TPSA) is 81.2 Å². The van der Waals surface area contributed by atoms with Crippen LogP contribution in [-0.4, -0.2) is 34.0 Å². The van der Waals surface area contributed by atoms with Crippen LogP contribution in [0.1, 0.15) is 28.4 Å². The number of hydrogen-bond acceptors (Lipinski definition) is 5. The Bertz CT molecular complexity index is 1000. The number of nitrogens with zero attached hydrogens (tertiary/aromatic N) is 2. The van der Waals surface area contributed by atoms with Crippen LogP contribution in [0.15, 0.2) is 54.9 Å². The number of carbonyl (C=O) groups excluding carboxylic acids is 2. The van der Waals surface area contributed by atoms with Crippen LogP contribution < -0.4 is 5.32 Å². The highest BCUT2D eigenvalue weighted by molar-refractivity contribution is 6.06. The largest absolute Gasteiger partial charge is 0.464 e. The van der Waals surface area contributed by atoms with Crippen LogP contribution in [0.25, 0.3) is 11.0 Å². The van der Waals surface area contributed by atoms with Gasteiger partial charge in [0.15, 0.2) is 0 Å². The van der Waals surface area contributed by atoms with Crippen molar-refractivity contribution >= 4 is 22.9 Å². The lowest BCUT2D eigenvalue weighted by atomic mass is 9.94. The highest BCUT2D eigenvalue weighted by Crippen LogP contribution is 2.32. The third-order valence-corrected chi connectivity index (χ3v) is 4.87. The van der Waals surface area contributed by atoms with Crippen LogP contribution in [0, 0.1) is 0 Å². The van der Waals surface area contributed by atoms with Crippen molar-refractivity contribution in [2.24, 2.45) is 0 Å². The molecular weight excluding hydrogens is 342 g/mol. The van der Waals surface area contributed by atoms with Crippen molar-refractivity contribution in [3.63, 3.8) is 0 Å². The van der Waals surface area contributed by atoms with Crippen molar-refractivity contribution in [2.75, 3.05) is 6.61 Å². The van der Waals surface area contributed by atoms with E-state index in [1.54, 1.807) is 37.5 Å². The Morgan fingerprint density at radius 1 is 1.04 bits per heavy atom. The fraction of sp³-hybridized carbons (Fsp3) is 0.238. The number of carbonyl (C=O) groups is 2. The van der Waals surface area contributed by atoms with Crippen molar-refractivity contribution in [3.8, 4) is 0 Å². The van der Waals surface area contributed by atoms with E-state index in [9.17, 15) is 9.59 Å². The van der Waals surface area contributed by atoms with Crippen LogP contribution in [0.2, 0.25) is 0 Å². The average Bonchev–Trinajstić information content (AvgIpc) is 3.07. The third kappa shape index (κ3) is 3.03. The molecule has 1 heterocycles. The molecule has 0 bridgehead atoms. The number of para-hydroxylation sites is 1. The fourth-order valence-corrected chi connectivity index (χ4v) is 3.63. The zero-order chi connectivity index (χ0) is 18.9. The van der Waals surface area contributed by atoms with Gasteiger partial charge in [-0.25, -0.2) is 4.79 Å². The van der Waals surface area contributed by atoms with Gasteiger partial charge in [-0.15, -0.1) is 0 Å². The molecule has 0 unspecified atom stereocenters. The number of rotatable bonds is 4. The van der Waals surface area contributed by atoms with Gasteiger partial charge in [-0.1, -0.05) is 30.3 Å². The molecule has 4 rings (SSSR count). The molecule has 0 aliphatic heterocycles. The maximum atomic E-state index is 13.1. The Labute approximate surface area is 156 Å². The van der Waals surface area contributed by atoms with Gasteiger partial charge in [0, 0.05) is 25.2 Å². The Balaban J connectivity index is 1.70. The summed E-state index contributed by atoms with van der Waals surface area (Å²) in [6, 6.07) is 13.1. The molecule has 0 spiro atoms. The lowest BCUT2D eigenvalue weighted by Crippen LogP contribution is -2.56. The first-order valence-electron chi connectivity index (χ1n) is 8.89. The first-order valence-corrected chi connectivity index (χ1v) is 8.89. The van der Waals surface area contributed by atoms with Crippen LogP contribution in [0.4, 0.5) is 0 Å². The van der Waals surface area contributed by atoms with Gasteiger partial charge in [0.05, 0.1) is 17.7 Å². The maximum Gasteiger partial charge on any atom is 0.332 e. The first-order chi connectivity index (χ1) is 13.1. The van der Waals surface area contributed by atoms with Crippen molar-refractivity contribution < 1.29 is 14.3 Å². The fourth-order valence-electron chi connectivity index (χ4n) is 3.63. The van der Waals surface area contributed by atoms with Gasteiger partial charge in [-0.2, -0.15) is 0 Å².